The first-order valence-corrected chi connectivity index (χ1v) is 9.66. The molecule has 0 radical (unpaired) electrons. The number of hydrogen-bond acceptors (Lipinski definition) is 2. The van der Waals surface area contributed by atoms with Gasteiger partial charge in [0.15, 0.2) is 0 Å². The van der Waals surface area contributed by atoms with Crippen LogP contribution in [0.2, 0.25) is 5.02 Å². The fourth-order valence-electron chi connectivity index (χ4n) is 2.88. The Morgan fingerprint density at radius 1 is 1.00 bits per heavy atom. The molecule has 7 heteroatoms. The molecule has 3 rings (SSSR count). The van der Waals surface area contributed by atoms with E-state index in [1.165, 1.54) is 12.1 Å². The van der Waals surface area contributed by atoms with Gasteiger partial charge >= 0.3 is 0 Å². The molecule has 0 saturated carbocycles. The van der Waals surface area contributed by atoms with Gasteiger partial charge < -0.3 is 9.80 Å². The summed E-state index contributed by atoms with van der Waals surface area (Å²) < 4.78 is 13.8. The lowest BCUT2D eigenvalue weighted by Crippen LogP contribution is -2.51. The summed E-state index contributed by atoms with van der Waals surface area (Å²) >= 11 is 8.12. The van der Waals surface area contributed by atoms with E-state index in [0.29, 0.717) is 36.8 Å². The maximum Gasteiger partial charge on any atom is 0.255 e. The molecule has 1 aliphatic rings. The van der Waals surface area contributed by atoms with Gasteiger partial charge in [-0.15, -0.1) is 0 Å². The molecule has 0 N–H and O–H groups in total. The van der Waals surface area contributed by atoms with Crippen molar-refractivity contribution in [1.29, 1.82) is 0 Å². The first-order valence-electron chi connectivity index (χ1n) is 8.20. The van der Waals surface area contributed by atoms with Crippen LogP contribution in [0.1, 0.15) is 15.9 Å². The molecule has 0 bridgehead atoms. The average molecular weight is 487 g/mol. The molecular weight excluding hydrogens is 470 g/mol. The van der Waals surface area contributed by atoms with Gasteiger partial charge in [-0.25, -0.2) is 4.39 Å². The van der Waals surface area contributed by atoms with Gasteiger partial charge in [0.05, 0.1) is 12.0 Å². The first-order chi connectivity index (χ1) is 12.4. The van der Waals surface area contributed by atoms with Crippen molar-refractivity contribution in [3.63, 3.8) is 0 Å². The molecule has 1 aliphatic heterocycles. The summed E-state index contributed by atoms with van der Waals surface area (Å²) in [5, 5.41) is 0.530. The number of hydrogen-bond donors (Lipinski definition) is 0. The normalized spacial score (nSPS) is 14.4. The average Bonchev–Trinajstić information content (AvgIpc) is 2.65. The topological polar surface area (TPSA) is 40.6 Å². The lowest BCUT2D eigenvalue weighted by molar-refractivity contribution is -0.131. The molecule has 0 aliphatic carbocycles. The van der Waals surface area contributed by atoms with Crippen molar-refractivity contribution in [1.82, 2.24) is 9.80 Å². The molecule has 2 amide bonds. The summed E-state index contributed by atoms with van der Waals surface area (Å²) in [6.07, 6.45) is 0.237. The zero-order chi connectivity index (χ0) is 18.7. The zero-order valence-corrected chi connectivity index (χ0v) is 16.8. The smallest absolute Gasteiger partial charge is 0.255 e. The van der Waals surface area contributed by atoms with Crippen LogP contribution in [0.25, 0.3) is 0 Å². The largest absolute Gasteiger partial charge is 0.339 e. The van der Waals surface area contributed by atoms with Gasteiger partial charge in [-0.1, -0.05) is 23.7 Å². The summed E-state index contributed by atoms with van der Waals surface area (Å²) in [5.41, 5.74) is 1.37. The lowest BCUT2D eigenvalue weighted by Gasteiger charge is -2.35. The zero-order valence-electron chi connectivity index (χ0n) is 13.9. The third-order valence-corrected chi connectivity index (χ3v) is 5.52. The third kappa shape index (κ3) is 4.54. The fraction of sp³-hybridized carbons (Fsp3) is 0.263. The SMILES string of the molecule is O=C(Cc1ccc(F)cc1)N1CCN(C(=O)c2cc(Cl)ccc2I)CC1. The van der Waals surface area contributed by atoms with Gasteiger partial charge in [0, 0.05) is 34.8 Å². The van der Waals surface area contributed by atoms with E-state index in [4.69, 9.17) is 11.6 Å². The Balaban J connectivity index is 1.58. The van der Waals surface area contributed by atoms with Crippen LogP contribution in [-0.2, 0) is 11.2 Å². The second-order valence-corrected chi connectivity index (χ2v) is 7.70. The predicted molar refractivity (Wildman–Crippen MR) is 107 cm³/mol. The highest BCUT2D eigenvalue weighted by Crippen LogP contribution is 2.20. The van der Waals surface area contributed by atoms with Crippen molar-refractivity contribution in [3.8, 4) is 0 Å². The highest BCUT2D eigenvalue weighted by atomic mass is 127. The van der Waals surface area contributed by atoms with Gasteiger partial charge in [-0.05, 0) is 58.5 Å². The number of carbonyl (C=O) groups is 2. The van der Waals surface area contributed by atoms with Gasteiger partial charge in [-0.2, -0.15) is 0 Å². The van der Waals surface area contributed by atoms with Crippen molar-refractivity contribution in [2.45, 2.75) is 6.42 Å². The number of benzene rings is 2. The molecule has 26 heavy (non-hydrogen) atoms. The predicted octanol–water partition coefficient (Wildman–Crippen LogP) is 3.61. The van der Waals surface area contributed by atoms with E-state index in [1.807, 2.05) is 6.07 Å². The minimum atomic E-state index is -0.316. The van der Waals surface area contributed by atoms with Crippen LogP contribution in [0.3, 0.4) is 0 Å². The highest BCUT2D eigenvalue weighted by molar-refractivity contribution is 14.1. The van der Waals surface area contributed by atoms with Crippen LogP contribution >= 0.6 is 34.2 Å². The van der Waals surface area contributed by atoms with Crippen LogP contribution in [0.4, 0.5) is 4.39 Å². The minimum Gasteiger partial charge on any atom is -0.339 e. The van der Waals surface area contributed by atoms with Crippen molar-refractivity contribution in [3.05, 3.63) is 68.0 Å². The summed E-state index contributed by atoms with van der Waals surface area (Å²) in [5.74, 6) is -0.396. The van der Waals surface area contributed by atoms with E-state index < -0.39 is 0 Å². The van der Waals surface area contributed by atoms with Crippen LogP contribution < -0.4 is 0 Å². The second kappa shape index (κ2) is 8.35. The quantitative estimate of drug-likeness (QED) is 0.622. The molecule has 2 aromatic carbocycles. The maximum atomic E-state index is 12.9. The molecule has 0 spiro atoms. The number of halogens is 3. The Kier molecular flexibility index (Phi) is 6.13. The van der Waals surface area contributed by atoms with Gasteiger partial charge in [0.2, 0.25) is 5.91 Å². The standard InChI is InChI=1S/C19H17ClFIN2O2/c20-14-3-6-17(22)16(12-14)19(26)24-9-7-23(8-10-24)18(25)11-13-1-4-15(21)5-2-13/h1-6,12H,7-11H2. The van der Waals surface area contributed by atoms with Crippen molar-refractivity contribution in [2.24, 2.45) is 0 Å². The van der Waals surface area contributed by atoms with Crippen molar-refractivity contribution >= 4 is 46.0 Å². The summed E-state index contributed by atoms with van der Waals surface area (Å²) in [4.78, 5) is 28.6. The van der Waals surface area contributed by atoms with E-state index >= 15 is 0 Å². The molecule has 0 aromatic heterocycles. The number of amides is 2. The Morgan fingerprint density at radius 2 is 1.62 bits per heavy atom. The van der Waals surface area contributed by atoms with Gasteiger partial charge in [0.1, 0.15) is 5.82 Å². The highest BCUT2D eigenvalue weighted by Gasteiger charge is 2.26. The molecule has 0 unspecified atom stereocenters. The Bertz CT molecular complexity index is 821. The molecule has 1 heterocycles. The monoisotopic (exact) mass is 486 g/mol. The van der Waals surface area contributed by atoms with E-state index in [1.54, 1.807) is 34.1 Å². The summed E-state index contributed by atoms with van der Waals surface area (Å²) in [6, 6.07) is 11.2. The van der Waals surface area contributed by atoms with Crippen LogP contribution in [0, 0.1) is 9.39 Å². The molecule has 0 atom stereocenters. The fourth-order valence-corrected chi connectivity index (χ4v) is 3.62. The third-order valence-electron chi connectivity index (χ3n) is 4.35. The van der Waals surface area contributed by atoms with Crippen molar-refractivity contribution < 1.29 is 14.0 Å². The van der Waals surface area contributed by atoms with Crippen LogP contribution in [0.15, 0.2) is 42.5 Å². The maximum absolute atomic E-state index is 12.9. The summed E-state index contributed by atoms with van der Waals surface area (Å²) in [7, 11) is 0. The van der Waals surface area contributed by atoms with E-state index in [0.717, 1.165) is 9.13 Å². The second-order valence-electron chi connectivity index (χ2n) is 6.10. The molecule has 2 aromatic rings. The van der Waals surface area contributed by atoms with E-state index in [-0.39, 0.29) is 24.1 Å². The van der Waals surface area contributed by atoms with E-state index in [9.17, 15) is 14.0 Å². The molecule has 1 fully saturated rings. The van der Waals surface area contributed by atoms with Gasteiger partial charge in [0.25, 0.3) is 5.91 Å². The minimum absolute atomic E-state index is 0.0129. The lowest BCUT2D eigenvalue weighted by atomic mass is 10.1. The summed E-state index contributed by atoms with van der Waals surface area (Å²) in [6.45, 7) is 1.94. The molecular formula is C19H17ClFIN2O2. The Hall–Kier alpha value is -1.67. The molecule has 4 nitrogen and oxygen atoms in total. The number of rotatable bonds is 3. The molecule has 1 saturated heterocycles. The Labute approximate surface area is 170 Å². The Morgan fingerprint density at radius 3 is 2.27 bits per heavy atom. The number of piperazine rings is 1. The van der Waals surface area contributed by atoms with E-state index in [2.05, 4.69) is 22.6 Å². The van der Waals surface area contributed by atoms with Crippen molar-refractivity contribution in [2.75, 3.05) is 26.2 Å². The first kappa shape index (κ1) is 19.1. The van der Waals surface area contributed by atoms with Gasteiger partial charge in [-0.3, -0.25) is 9.59 Å². The number of nitrogens with zero attached hydrogens (tertiary/aromatic N) is 2. The number of carbonyl (C=O) groups excluding carboxylic acids is 2. The van der Waals surface area contributed by atoms with Crippen LogP contribution in [0.5, 0.6) is 0 Å². The molecule has 136 valence electrons. The van der Waals surface area contributed by atoms with Crippen LogP contribution in [-0.4, -0.2) is 47.8 Å².